The van der Waals surface area contributed by atoms with Crippen LogP contribution in [0.1, 0.15) is 35.8 Å². The van der Waals surface area contributed by atoms with Crippen molar-refractivity contribution in [2.75, 3.05) is 20.2 Å². The van der Waals surface area contributed by atoms with Crippen molar-refractivity contribution < 1.29 is 14.1 Å². The van der Waals surface area contributed by atoms with Crippen molar-refractivity contribution in [3.8, 4) is 17.3 Å². The first kappa shape index (κ1) is 19.0. The molecule has 4 rings (SSSR count). The highest BCUT2D eigenvalue weighted by Crippen LogP contribution is 2.28. The topological polar surface area (TPSA) is 94.2 Å². The van der Waals surface area contributed by atoms with Crippen LogP contribution in [0.2, 0.25) is 0 Å². The molecule has 3 heterocycles. The molecule has 0 unspecified atom stereocenters. The van der Waals surface area contributed by atoms with Gasteiger partial charge in [0.2, 0.25) is 5.91 Å². The Morgan fingerprint density at radius 2 is 2.07 bits per heavy atom. The SMILES string of the molecule is COc1cccc(CC(=O)N2CCC(c3noc(-c4cnc(C)cn4)n3)CC2)c1. The zero-order valence-corrected chi connectivity index (χ0v) is 16.5. The Bertz CT molecular complexity index is 978. The van der Waals surface area contributed by atoms with E-state index in [1.807, 2.05) is 36.1 Å². The third-order valence-electron chi connectivity index (χ3n) is 5.14. The van der Waals surface area contributed by atoms with Gasteiger partial charge in [0.15, 0.2) is 5.82 Å². The molecule has 8 heteroatoms. The Labute approximate surface area is 168 Å². The molecule has 1 aliphatic rings. The fraction of sp³-hybridized carbons (Fsp3) is 0.381. The van der Waals surface area contributed by atoms with Crippen molar-refractivity contribution in [2.45, 2.75) is 32.1 Å². The van der Waals surface area contributed by atoms with E-state index in [1.165, 1.54) is 0 Å². The van der Waals surface area contributed by atoms with Gasteiger partial charge < -0.3 is 14.2 Å². The van der Waals surface area contributed by atoms with Gasteiger partial charge in [-0.2, -0.15) is 4.98 Å². The first-order valence-corrected chi connectivity index (χ1v) is 9.65. The van der Waals surface area contributed by atoms with E-state index in [0.717, 1.165) is 29.8 Å². The first-order valence-electron chi connectivity index (χ1n) is 9.65. The molecule has 150 valence electrons. The summed E-state index contributed by atoms with van der Waals surface area (Å²) in [4.78, 5) is 27.5. The van der Waals surface area contributed by atoms with Crippen LogP contribution >= 0.6 is 0 Å². The van der Waals surface area contributed by atoms with Gasteiger partial charge >= 0.3 is 0 Å². The highest BCUT2D eigenvalue weighted by atomic mass is 16.5. The summed E-state index contributed by atoms with van der Waals surface area (Å²) in [6.45, 7) is 3.24. The van der Waals surface area contributed by atoms with Crippen LogP contribution in [0.15, 0.2) is 41.2 Å². The maximum atomic E-state index is 12.6. The molecule has 0 saturated carbocycles. The van der Waals surface area contributed by atoms with Crippen LogP contribution in [0.3, 0.4) is 0 Å². The highest BCUT2D eigenvalue weighted by Gasteiger charge is 2.27. The molecule has 29 heavy (non-hydrogen) atoms. The lowest BCUT2D eigenvalue weighted by molar-refractivity contribution is -0.131. The molecule has 0 spiro atoms. The number of piperidine rings is 1. The minimum Gasteiger partial charge on any atom is -0.497 e. The maximum Gasteiger partial charge on any atom is 0.278 e. The Kier molecular flexibility index (Phi) is 5.50. The van der Waals surface area contributed by atoms with Crippen LogP contribution in [0, 0.1) is 6.92 Å². The second kappa shape index (κ2) is 8.38. The van der Waals surface area contributed by atoms with Gasteiger partial charge in [0.25, 0.3) is 5.89 Å². The quantitative estimate of drug-likeness (QED) is 0.658. The Balaban J connectivity index is 1.34. The van der Waals surface area contributed by atoms with Crippen molar-refractivity contribution in [3.63, 3.8) is 0 Å². The number of ether oxygens (including phenoxy) is 1. The number of aromatic nitrogens is 4. The third kappa shape index (κ3) is 4.42. The van der Waals surface area contributed by atoms with E-state index in [-0.39, 0.29) is 11.8 Å². The summed E-state index contributed by atoms with van der Waals surface area (Å²) in [5, 5.41) is 4.12. The van der Waals surface area contributed by atoms with Gasteiger partial charge in [-0.15, -0.1) is 0 Å². The van der Waals surface area contributed by atoms with Crippen LogP contribution in [0.4, 0.5) is 0 Å². The summed E-state index contributed by atoms with van der Waals surface area (Å²) in [6, 6.07) is 7.63. The monoisotopic (exact) mass is 393 g/mol. The molecule has 1 aromatic carbocycles. The smallest absolute Gasteiger partial charge is 0.278 e. The van der Waals surface area contributed by atoms with Crippen molar-refractivity contribution >= 4 is 5.91 Å². The highest BCUT2D eigenvalue weighted by molar-refractivity contribution is 5.79. The summed E-state index contributed by atoms with van der Waals surface area (Å²) in [7, 11) is 1.63. The van der Waals surface area contributed by atoms with Gasteiger partial charge in [-0.25, -0.2) is 4.98 Å². The Hall–Kier alpha value is -3.29. The minimum absolute atomic E-state index is 0.125. The number of carbonyl (C=O) groups is 1. The van der Waals surface area contributed by atoms with E-state index in [4.69, 9.17) is 9.26 Å². The van der Waals surface area contributed by atoms with Gasteiger partial charge in [0, 0.05) is 25.2 Å². The predicted molar refractivity (Wildman–Crippen MR) is 105 cm³/mol. The molecule has 1 fully saturated rings. The molecule has 0 atom stereocenters. The lowest BCUT2D eigenvalue weighted by Gasteiger charge is -2.30. The molecule has 3 aromatic rings. The second-order valence-electron chi connectivity index (χ2n) is 7.18. The van der Waals surface area contributed by atoms with Crippen LogP contribution in [0.25, 0.3) is 11.6 Å². The standard InChI is InChI=1S/C21H23N5O3/c1-14-12-23-18(13-22-14)21-24-20(25-29-21)16-6-8-26(9-7-16)19(27)11-15-4-3-5-17(10-15)28-2/h3-5,10,12-13,16H,6-9,11H2,1-2H3. The van der Waals surface area contributed by atoms with Gasteiger partial charge in [-0.05, 0) is 37.5 Å². The largest absolute Gasteiger partial charge is 0.497 e. The molecular formula is C21H23N5O3. The number of benzene rings is 1. The number of amides is 1. The third-order valence-corrected chi connectivity index (χ3v) is 5.14. The fourth-order valence-electron chi connectivity index (χ4n) is 3.46. The van der Waals surface area contributed by atoms with E-state index in [1.54, 1.807) is 19.5 Å². The number of carbonyl (C=O) groups excluding carboxylic acids is 1. The van der Waals surface area contributed by atoms with Crippen LogP contribution in [-0.4, -0.2) is 51.1 Å². The van der Waals surface area contributed by atoms with Gasteiger partial charge in [0.1, 0.15) is 11.4 Å². The van der Waals surface area contributed by atoms with E-state index < -0.39 is 0 Å². The molecule has 2 aromatic heterocycles. The lowest BCUT2D eigenvalue weighted by Crippen LogP contribution is -2.39. The Morgan fingerprint density at radius 3 is 2.79 bits per heavy atom. The van der Waals surface area contributed by atoms with Gasteiger partial charge in [-0.1, -0.05) is 17.3 Å². The second-order valence-corrected chi connectivity index (χ2v) is 7.18. The Morgan fingerprint density at radius 1 is 1.24 bits per heavy atom. The number of aryl methyl sites for hydroxylation is 1. The number of rotatable bonds is 5. The number of likely N-dealkylation sites (tertiary alicyclic amines) is 1. The maximum absolute atomic E-state index is 12.6. The van der Waals surface area contributed by atoms with E-state index >= 15 is 0 Å². The zero-order chi connectivity index (χ0) is 20.2. The summed E-state index contributed by atoms with van der Waals surface area (Å²) in [5.41, 5.74) is 2.36. The summed E-state index contributed by atoms with van der Waals surface area (Å²) >= 11 is 0. The van der Waals surface area contributed by atoms with Crippen molar-refractivity contribution in [2.24, 2.45) is 0 Å². The number of hydrogen-bond acceptors (Lipinski definition) is 7. The normalized spacial score (nSPS) is 14.8. The molecule has 1 amide bonds. The fourth-order valence-corrected chi connectivity index (χ4v) is 3.46. The van der Waals surface area contributed by atoms with Crippen molar-refractivity contribution in [3.05, 3.63) is 53.7 Å². The number of hydrogen-bond donors (Lipinski definition) is 0. The van der Waals surface area contributed by atoms with Crippen LogP contribution in [-0.2, 0) is 11.2 Å². The average Bonchev–Trinajstić information content (AvgIpc) is 3.25. The molecule has 0 aliphatic carbocycles. The van der Waals surface area contributed by atoms with Crippen LogP contribution < -0.4 is 4.74 Å². The summed E-state index contributed by atoms with van der Waals surface area (Å²) in [5.74, 6) is 2.11. The number of methoxy groups -OCH3 is 1. The first-order chi connectivity index (χ1) is 14.1. The molecule has 1 aliphatic heterocycles. The number of nitrogens with zero attached hydrogens (tertiary/aromatic N) is 5. The molecule has 0 radical (unpaired) electrons. The molecule has 0 bridgehead atoms. The van der Waals surface area contributed by atoms with E-state index in [9.17, 15) is 4.79 Å². The van der Waals surface area contributed by atoms with Crippen LogP contribution in [0.5, 0.6) is 5.75 Å². The molecular weight excluding hydrogens is 370 g/mol. The average molecular weight is 393 g/mol. The van der Waals surface area contributed by atoms with E-state index in [0.29, 0.717) is 36.9 Å². The lowest BCUT2D eigenvalue weighted by atomic mass is 9.95. The molecule has 0 N–H and O–H groups in total. The van der Waals surface area contributed by atoms with E-state index in [2.05, 4.69) is 20.1 Å². The predicted octanol–water partition coefficient (Wildman–Crippen LogP) is 2.79. The van der Waals surface area contributed by atoms with Crippen molar-refractivity contribution in [1.82, 2.24) is 25.0 Å². The molecule has 1 saturated heterocycles. The van der Waals surface area contributed by atoms with Gasteiger partial charge in [0.05, 0.1) is 25.4 Å². The molecule has 8 nitrogen and oxygen atoms in total. The summed E-state index contributed by atoms with van der Waals surface area (Å²) in [6.07, 6.45) is 5.29. The summed E-state index contributed by atoms with van der Waals surface area (Å²) < 4.78 is 10.6. The minimum atomic E-state index is 0.125. The van der Waals surface area contributed by atoms with Crippen molar-refractivity contribution in [1.29, 1.82) is 0 Å². The zero-order valence-electron chi connectivity index (χ0n) is 16.5. The van der Waals surface area contributed by atoms with Gasteiger partial charge in [-0.3, -0.25) is 9.78 Å².